The maximum atomic E-state index is 13.8. The van der Waals surface area contributed by atoms with Gasteiger partial charge < -0.3 is 10.1 Å². The fourth-order valence-electron chi connectivity index (χ4n) is 3.50. The zero-order valence-electron chi connectivity index (χ0n) is 18.5. The predicted octanol–water partition coefficient (Wildman–Crippen LogP) is 3.99. The Hall–Kier alpha value is -4.51. The summed E-state index contributed by atoms with van der Waals surface area (Å²) >= 11 is 0. The van der Waals surface area contributed by atoms with Gasteiger partial charge in [0, 0.05) is 41.0 Å². The Morgan fingerprint density at radius 3 is 2.43 bits per heavy atom. The number of rotatable bonds is 8. The van der Waals surface area contributed by atoms with E-state index in [1.165, 1.54) is 43.6 Å². The number of sulfonamides is 1. The number of nitrogens with zero attached hydrogens (tertiary/aromatic N) is 3. The topological polar surface area (TPSA) is 132 Å². The summed E-state index contributed by atoms with van der Waals surface area (Å²) in [6.07, 6.45) is 3.06. The average Bonchev–Trinajstić information content (AvgIpc) is 2.87. The Bertz CT molecular complexity index is 1480. The van der Waals surface area contributed by atoms with Crippen molar-refractivity contribution in [2.75, 3.05) is 23.3 Å². The highest BCUT2D eigenvalue weighted by Gasteiger charge is 2.29. The number of nitro benzene ring substituents is 1. The number of carbonyl (C=O) groups is 1. The molecule has 1 amide bonds. The van der Waals surface area contributed by atoms with Gasteiger partial charge in [0.05, 0.1) is 22.6 Å². The van der Waals surface area contributed by atoms with E-state index < -0.39 is 27.4 Å². The second kappa shape index (κ2) is 9.77. The van der Waals surface area contributed by atoms with Crippen LogP contribution < -0.4 is 14.4 Å². The van der Waals surface area contributed by atoms with E-state index in [2.05, 4.69) is 10.3 Å². The van der Waals surface area contributed by atoms with Gasteiger partial charge in [0.15, 0.2) is 0 Å². The third-order valence-electron chi connectivity index (χ3n) is 5.22. The van der Waals surface area contributed by atoms with Crippen molar-refractivity contribution in [2.45, 2.75) is 4.90 Å². The monoisotopic (exact) mass is 492 g/mol. The first-order chi connectivity index (χ1) is 16.8. The van der Waals surface area contributed by atoms with Crippen molar-refractivity contribution < 1.29 is 22.9 Å². The van der Waals surface area contributed by atoms with E-state index in [0.717, 1.165) is 4.31 Å². The van der Waals surface area contributed by atoms with E-state index in [4.69, 9.17) is 4.74 Å². The van der Waals surface area contributed by atoms with Crippen LogP contribution in [0.2, 0.25) is 0 Å². The largest absolute Gasteiger partial charge is 0.497 e. The van der Waals surface area contributed by atoms with Gasteiger partial charge in [-0.15, -0.1) is 0 Å². The van der Waals surface area contributed by atoms with E-state index in [1.54, 1.807) is 48.7 Å². The molecule has 4 rings (SSSR count). The van der Waals surface area contributed by atoms with Gasteiger partial charge in [0.2, 0.25) is 5.91 Å². The van der Waals surface area contributed by atoms with Gasteiger partial charge in [0.25, 0.3) is 15.7 Å². The van der Waals surface area contributed by atoms with Crippen LogP contribution in [-0.4, -0.2) is 37.9 Å². The Morgan fingerprint density at radius 1 is 1.06 bits per heavy atom. The number of anilines is 2. The molecule has 0 radical (unpaired) electrons. The average molecular weight is 493 g/mol. The molecular formula is C24H20N4O6S. The molecule has 178 valence electrons. The SMILES string of the molecule is COc1ccc(N(CC(=O)Nc2ccc([N+](=O)[O-])cc2)S(=O)(=O)c2cccc3cnccc23)cc1. The number of methoxy groups -OCH3 is 1. The lowest BCUT2D eigenvalue weighted by Crippen LogP contribution is -2.38. The number of nitro groups is 1. The van der Waals surface area contributed by atoms with Gasteiger partial charge in [-0.05, 0) is 48.5 Å². The molecule has 0 aliphatic heterocycles. The normalized spacial score (nSPS) is 11.1. The summed E-state index contributed by atoms with van der Waals surface area (Å²) in [4.78, 5) is 27.3. The van der Waals surface area contributed by atoms with Gasteiger partial charge >= 0.3 is 0 Å². The lowest BCUT2D eigenvalue weighted by atomic mass is 10.2. The molecule has 0 saturated heterocycles. The number of nitrogens with one attached hydrogen (secondary N) is 1. The number of aromatic nitrogens is 1. The minimum atomic E-state index is -4.19. The molecule has 0 unspecified atom stereocenters. The van der Waals surface area contributed by atoms with Crippen LogP contribution in [0.4, 0.5) is 17.1 Å². The number of benzene rings is 3. The molecule has 0 atom stereocenters. The lowest BCUT2D eigenvalue weighted by Gasteiger charge is -2.25. The highest BCUT2D eigenvalue weighted by Crippen LogP contribution is 2.30. The summed E-state index contributed by atoms with van der Waals surface area (Å²) < 4.78 is 33.8. The van der Waals surface area contributed by atoms with Crippen LogP contribution in [0.5, 0.6) is 5.75 Å². The molecule has 3 aromatic carbocycles. The summed E-state index contributed by atoms with van der Waals surface area (Å²) in [6.45, 7) is -0.535. The molecule has 4 aromatic rings. The second-order valence-electron chi connectivity index (χ2n) is 7.41. The first-order valence-electron chi connectivity index (χ1n) is 10.3. The summed E-state index contributed by atoms with van der Waals surface area (Å²) in [5.41, 5.74) is 0.426. The number of hydrogen-bond acceptors (Lipinski definition) is 7. The molecule has 0 aliphatic carbocycles. The Kier molecular flexibility index (Phi) is 6.60. The number of fused-ring (bicyclic) bond motifs is 1. The maximum absolute atomic E-state index is 13.8. The second-order valence-corrected chi connectivity index (χ2v) is 9.25. The van der Waals surface area contributed by atoms with Crippen LogP contribution in [0.25, 0.3) is 10.8 Å². The molecule has 0 saturated carbocycles. The van der Waals surface area contributed by atoms with Crippen molar-refractivity contribution in [2.24, 2.45) is 0 Å². The van der Waals surface area contributed by atoms with E-state index in [0.29, 0.717) is 22.2 Å². The van der Waals surface area contributed by atoms with E-state index in [-0.39, 0.29) is 16.3 Å². The first-order valence-corrected chi connectivity index (χ1v) is 11.8. The van der Waals surface area contributed by atoms with E-state index >= 15 is 0 Å². The number of carbonyl (C=O) groups excluding carboxylic acids is 1. The quantitative estimate of drug-likeness (QED) is 0.291. The van der Waals surface area contributed by atoms with Crippen molar-refractivity contribution in [1.82, 2.24) is 4.98 Å². The molecule has 35 heavy (non-hydrogen) atoms. The van der Waals surface area contributed by atoms with Crippen LogP contribution in [0, 0.1) is 10.1 Å². The standard InChI is InChI=1S/C24H20N4O6S/c1-34-21-11-9-19(10-12-21)27(16-24(29)26-18-5-7-20(8-6-18)28(30)31)35(32,33)23-4-2-3-17-15-25-14-13-22(17)23/h2-15H,16H2,1H3,(H,26,29). The molecule has 0 spiro atoms. The summed E-state index contributed by atoms with van der Waals surface area (Å²) in [6, 6.07) is 18.0. The Balaban J connectivity index is 1.70. The van der Waals surface area contributed by atoms with Crippen molar-refractivity contribution in [3.63, 3.8) is 0 Å². The highest BCUT2D eigenvalue weighted by molar-refractivity contribution is 7.93. The molecule has 0 fully saturated rings. The third kappa shape index (κ3) is 5.04. The van der Waals surface area contributed by atoms with Crippen LogP contribution in [0.15, 0.2) is 90.1 Å². The van der Waals surface area contributed by atoms with Crippen molar-refractivity contribution in [3.05, 3.63) is 95.3 Å². The first kappa shape index (κ1) is 23.6. The minimum Gasteiger partial charge on any atom is -0.497 e. The highest BCUT2D eigenvalue weighted by atomic mass is 32.2. The van der Waals surface area contributed by atoms with Gasteiger partial charge in [-0.25, -0.2) is 8.42 Å². The molecular weight excluding hydrogens is 472 g/mol. The van der Waals surface area contributed by atoms with Crippen LogP contribution in [0.1, 0.15) is 0 Å². The summed E-state index contributed by atoms with van der Waals surface area (Å²) in [7, 11) is -2.70. The lowest BCUT2D eigenvalue weighted by molar-refractivity contribution is -0.384. The fourth-order valence-corrected chi connectivity index (χ4v) is 5.14. The zero-order valence-corrected chi connectivity index (χ0v) is 19.3. The molecule has 0 bridgehead atoms. The smallest absolute Gasteiger partial charge is 0.269 e. The van der Waals surface area contributed by atoms with Crippen molar-refractivity contribution >= 4 is 43.8 Å². The molecule has 0 aliphatic rings. The number of non-ortho nitro benzene ring substituents is 1. The molecule has 11 heteroatoms. The zero-order chi connectivity index (χ0) is 25.0. The fraction of sp³-hybridized carbons (Fsp3) is 0.0833. The van der Waals surface area contributed by atoms with E-state index in [1.807, 2.05) is 0 Å². The molecule has 1 aromatic heterocycles. The van der Waals surface area contributed by atoms with Gasteiger partial charge in [-0.1, -0.05) is 12.1 Å². The predicted molar refractivity (Wildman–Crippen MR) is 131 cm³/mol. The molecule has 1 heterocycles. The number of hydrogen-bond donors (Lipinski definition) is 1. The van der Waals surface area contributed by atoms with Crippen molar-refractivity contribution in [1.29, 1.82) is 0 Å². The number of ether oxygens (including phenoxy) is 1. The summed E-state index contributed by atoms with van der Waals surface area (Å²) in [5.74, 6) is -0.0992. The molecule has 1 N–H and O–H groups in total. The van der Waals surface area contributed by atoms with Crippen LogP contribution in [-0.2, 0) is 14.8 Å². The Morgan fingerprint density at radius 2 is 1.77 bits per heavy atom. The number of pyridine rings is 1. The van der Waals surface area contributed by atoms with Crippen molar-refractivity contribution in [3.8, 4) is 5.75 Å². The molecule has 10 nitrogen and oxygen atoms in total. The summed E-state index contributed by atoms with van der Waals surface area (Å²) in [5, 5.41) is 14.5. The van der Waals surface area contributed by atoms with Gasteiger partial charge in [-0.3, -0.25) is 24.2 Å². The Labute approximate surface area is 201 Å². The van der Waals surface area contributed by atoms with Gasteiger partial charge in [0.1, 0.15) is 12.3 Å². The van der Waals surface area contributed by atoms with Crippen LogP contribution >= 0.6 is 0 Å². The van der Waals surface area contributed by atoms with Gasteiger partial charge in [-0.2, -0.15) is 0 Å². The number of amides is 1. The third-order valence-corrected chi connectivity index (χ3v) is 7.05. The maximum Gasteiger partial charge on any atom is 0.269 e. The van der Waals surface area contributed by atoms with Crippen LogP contribution in [0.3, 0.4) is 0 Å². The van der Waals surface area contributed by atoms with E-state index in [9.17, 15) is 23.3 Å². The minimum absolute atomic E-state index is 0.0244.